The molecule has 2 fully saturated rings. The van der Waals surface area contributed by atoms with Crippen molar-refractivity contribution in [2.75, 3.05) is 18.4 Å². The van der Waals surface area contributed by atoms with Gasteiger partial charge in [0.15, 0.2) is 0 Å². The number of nitrogens with zero attached hydrogens (tertiary/aromatic N) is 3. The number of carbonyl (C=O) groups excluding carboxylic acids is 3. The van der Waals surface area contributed by atoms with Crippen LogP contribution in [0.1, 0.15) is 43.9 Å². The number of amides is 4. The minimum Gasteiger partial charge on any atom is -0.325 e. The molecule has 0 saturated carbocycles. The number of hydrogen-bond acceptors (Lipinski definition) is 5. The molecular weight excluding hydrogens is 418 g/mol. The van der Waals surface area contributed by atoms with E-state index in [1.807, 2.05) is 30.3 Å². The lowest BCUT2D eigenvalue weighted by atomic mass is 9.93. The van der Waals surface area contributed by atoms with E-state index in [1.165, 1.54) is 15.4 Å². The molecule has 1 aromatic carbocycles. The molecule has 8 heteroatoms. The van der Waals surface area contributed by atoms with Crippen molar-refractivity contribution in [1.82, 2.24) is 20.1 Å². The molecule has 2 aliphatic rings. The predicted molar refractivity (Wildman–Crippen MR) is 125 cm³/mol. The molecule has 2 unspecified atom stereocenters. The Bertz CT molecular complexity index is 979. The first-order chi connectivity index (χ1) is 16.1. The third-order valence-electron chi connectivity index (χ3n) is 6.25. The van der Waals surface area contributed by atoms with Crippen LogP contribution in [-0.2, 0) is 22.6 Å². The second-order valence-corrected chi connectivity index (χ2v) is 8.65. The average molecular weight is 450 g/mol. The molecule has 0 bridgehead atoms. The summed E-state index contributed by atoms with van der Waals surface area (Å²) in [5, 5.41) is 6.14. The largest absolute Gasteiger partial charge is 0.327 e. The number of hydrogen-bond donors (Lipinski definition) is 2. The number of benzene rings is 1. The van der Waals surface area contributed by atoms with Gasteiger partial charge >= 0.3 is 6.03 Å². The molecule has 2 aliphatic heterocycles. The number of aromatic nitrogens is 1. The molecule has 3 heterocycles. The maximum Gasteiger partial charge on any atom is 0.327 e. The van der Waals surface area contributed by atoms with Gasteiger partial charge in [0.2, 0.25) is 11.8 Å². The molecule has 1 aromatic heterocycles. The summed E-state index contributed by atoms with van der Waals surface area (Å²) in [6, 6.07) is 11.9. The van der Waals surface area contributed by atoms with Gasteiger partial charge in [-0.25, -0.2) is 4.79 Å². The Balaban J connectivity index is 1.46. The van der Waals surface area contributed by atoms with Gasteiger partial charge in [-0.2, -0.15) is 0 Å². The van der Waals surface area contributed by atoms with Crippen LogP contribution in [0.3, 0.4) is 0 Å². The van der Waals surface area contributed by atoms with Gasteiger partial charge in [-0.05, 0) is 62.1 Å². The normalized spacial score (nSPS) is 20.5. The standard InChI is InChI=1S/C25H31N5O3/c1-2-3-7-18-10-12-19(13-11-18)28-22(31)17-29-21-9-6-15-27-23(21)24(32)30(25(29)33)16-20-8-4-5-14-26-20/h4-5,8,10-14,21,23,27H,2-3,6-7,9,15-17H2,1H3,(H,28,31). The van der Waals surface area contributed by atoms with E-state index < -0.39 is 12.1 Å². The van der Waals surface area contributed by atoms with Gasteiger partial charge in [-0.1, -0.05) is 31.5 Å². The summed E-state index contributed by atoms with van der Waals surface area (Å²) in [5.41, 5.74) is 2.56. The number of anilines is 1. The zero-order chi connectivity index (χ0) is 23.2. The summed E-state index contributed by atoms with van der Waals surface area (Å²) in [6.07, 6.45) is 6.45. The van der Waals surface area contributed by atoms with Gasteiger partial charge in [0.05, 0.1) is 18.3 Å². The first-order valence-electron chi connectivity index (χ1n) is 11.7. The lowest BCUT2D eigenvalue weighted by molar-refractivity contribution is -0.138. The van der Waals surface area contributed by atoms with Crippen LogP contribution in [0.15, 0.2) is 48.7 Å². The maximum absolute atomic E-state index is 13.3. The molecule has 2 aromatic rings. The third kappa shape index (κ3) is 5.39. The number of imide groups is 1. The van der Waals surface area contributed by atoms with E-state index in [-0.39, 0.29) is 30.9 Å². The Hall–Kier alpha value is -3.26. The number of pyridine rings is 1. The van der Waals surface area contributed by atoms with E-state index in [2.05, 4.69) is 22.5 Å². The second-order valence-electron chi connectivity index (χ2n) is 8.65. The van der Waals surface area contributed by atoms with Crippen molar-refractivity contribution in [3.05, 3.63) is 59.9 Å². The van der Waals surface area contributed by atoms with Gasteiger partial charge in [0, 0.05) is 11.9 Å². The summed E-state index contributed by atoms with van der Waals surface area (Å²) >= 11 is 0. The molecule has 2 N–H and O–H groups in total. The monoisotopic (exact) mass is 449 g/mol. The molecule has 2 saturated heterocycles. The average Bonchev–Trinajstić information content (AvgIpc) is 2.84. The molecule has 0 aliphatic carbocycles. The van der Waals surface area contributed by atoms with Crippen LogP contribution < -0.4 is 10.6 Å². The molecule has 0 spiro atoms. The number of piperidine rings is 1. The highest BCUT2D eigenvalue weighted by Crippen LogP contribution is 2.26. The zero-order valence-electron chi connectivity index (χ0n) is 19.0. The van der Waals surface area contributed by atoms with Crippen molar-refractivity contribution in [3.63, 3.8) is 0 Å². The molecule has 33 heavy (non-hydrogen) atoms. The highest BCUT2D eigenvalue weighted by molar-refractivity contribution is 6.02. The predicted octanol–water partition coefficient (Wildman–Crippen LogP) is 2.95. The van der Waals surface area contributed by atoms with Crippen LogP contribution >= 0.6 is 0 Å². The summed E-state index contributed by atoms with van der Waals surface area (Å²) < 4.78 is 0. The SMILES string of the molecule is CCCCc1ccc(NC(=O)CN2C(=O)N(Cc3ccccn3)C(=O)C3NCCCC32)cc1. The molecule has 0 radical (unpaired) electrons. The van der Waals surface area contributed by atoms with Crippen molar-refractivity contribution < 1.29 is 14.4 Å². The highest BCUT2D eigenvalue weighted by atomic mass is 16.2. The van der Waals surface area contributed by atoms with Crippen LogP contribution in [0.5, 0.6) is 0 Å². The Morgan fingerprint density at radius 3 is 2.73 bits per heavy atom. The summed E-state index contributed by atoms with van der Waals surface area (Å²) in [4.78, 5) is 46.3. The van der Waals surface area contributed by atoms with E-state index in [9.17, 15) is 14.4 Å². The molecular formula is C25H31N5O3. The van der Waals surface area contributed by atoms with Gasteiger partial charge in [0.25, 0.3) is 0 Å². The van der Waals surface area contributed by atoms with Crippen molar-refractivity contribution in [1.29, 1.82) is 0 Å². The van der Waals surface area contributed by atoms with Crippen molar-refractivity contribution in [2.45, 2.75) is 57.7 Å². The number of carbonyl (C=O) groups is 3. The van der Waals surface area contributed by atoms with Gasteiger partial charge in [0.1, 0.15) is 12.6 Å². The third-order valence-corrected chi connectivity index (χ3v) is 6.25. The minimum atomic E-state index is -0.509. The Labute approximate surface area is 194 Å². The Morgan fingerprint density at radius 1 is 1.18 bits per heavy atom. The van der Waals surface area contributed by atoms with E-state index >= 15 is 0 Å². The van der Waals surface area contributed by atoms with E-state index in [1.54, 1.807) is 18.3 Å². The molecule has 4 amide bonds. The number of fused-ring (bicyclic) bond motifs is 1. The van der Waals surface area contributed by atoms with Crippen molar-refractivity contribution in [2.24, 2.45) is 0 Å². The van der Waals surface area contributed by atoms with Crippen molar-refractivity contribution in [3.8, 4) is 0 Å². The topological polar surface area (TPSA) is 94.6 Å². The summed E-state index contributed by atoms with van der Waals surface area (Å²) in [5.74, 6) is -0.532. The molecule has 2 atom stereocenters. The van der Waals surface area contributed by atoms with Crippen LogP contribution in [-0.4, -0.2) is 57.8 Å². The minimum absolute atomic E-state index is 0.0841. The smallest absolute Gasteiger partial charge is 0.325 e. The van der Waals surface area contributed by atoms with Crippen LogP contribution in [0.4, 0.5) is 10.5 Å². The summed E-state index contributed by atoms with van der Waals surface area (Å²) in [6.45, 7) is 2.85. The highest BCUT2D eigenvalue weighted by Gasteiger charge is 2.47. The first kappa shape index (κ1) is 22.9. The van der Waals surface area contributed by atoms with Crippen LogP contribution in [0.2, 0.25) is 0 Å². The number of urea groups is 1. The summed E-state index contributed by atoms with van der Waals surface area (Å²) in [7, 11) is 0. The fourth-order valence-electron chi connectivity index (χ4n) is 4.49. The first-order valence-corrected chi connectivity index (χ1v) is 11.7. The van der Waals surface area contributed by atoms with Gasteiger partial charge < -0.3 is 15.5 Å². The van der Waals surface area contributed by atoms with Crippen LogP contribution in [0.25, 0.3) is 0 Å². The fraction of sp³-hybridized carbons (Fsp3) is 0.440. The van der Waals surface area contributed by atoms with E-state index in [4.69, 9.17) is 0 Å². The van der Waals surface area contributed by atoms with Gasteiger partial charge in [-0.15, -0.1) is 0 Å². The van der Waals surface area contributed by atoms with E-state index in [0.29, 0.717) is 24.3 Å². The maximum atomic E-state index is 13.3. The lowest BCUT2D eigenvalue weighted by Crippen LogP contribution is -2.70. The van der Waals surface area contributed by atoms with E-state index in [0.717, 1.165) is 25.7 Å². The molecule has 8 nitrogen and oxygen atoms in total. The number of aryl methyl sites for hydroxylation is 1. The Kier molecular flexibility index (Phi) is 7.34. The molecule has 174 valence electrons. The number of rotatable bonds is 8. The second kappa shape index (κ2) is 10.6. The molecule has 4 rings (SSSR count). The van der Waals surface area contributed by atoms with Crippen molar-refractivity contribution >= 4 is 23.5 Å². The fourth-order valence-corrected chi connectivity index (χ4v) is 4.49. The number of nitrogens with one attached hydrogen (secondary N) is 2. The van der Waals surface area contributed by atoms with Crippen LogP contribution in [0, 0.1) is 0 Å². The lowest BCUT2D eigenvalue weighted by Gasteiger charge is -2.46. The zero-order valence-corrected chi connectivity index (χ0v) is 19.0. The number of unbranched alkanes of at least 4 members (excludes halogenated alkanes) is 1. The van der Waals surface area contributed by atoms with Gasteiger partial charge in [-0.3, -0.25) is 19.5 Å². The Morgan fingerprint density at radius 2 is 2.00 bits per heavy atom. The quantitative estimate of drug-likeness (QED) is 0.646.